The average Bonchev–Trinajstić information content (AvgIpc) is 2.83. The van der Waals surface area contributed by atoms with Crippen LogP contribution in [0.15, 0.2) is 48.8 Å². The predicted octanol–water partition coefficient (Wildman–Crippen LogP) is 5.08. The maximum atomic E-state index is 6.40. The van der Waals surface area contributed by atoms with E-state index in [4.69, 9.17) is 9.72 Å². The summed E-state index contributed by atoms with van der Waals surface area (Å²) in [5, 5.41) is 0. The van der Waals surface area contributed by atoms with Crippen LogP contribution in [0.5, 0.6) is 5.75 Å². The molecular formula is C22H20N2O. The number of ether oxygens (including phenoxy) is 1. The Morgan fingerprint density at radius 2 is 1.48 bits per heavy atom. The van der Waals surface area contributed by atoms with Gasteiger partial charge in [-0.25, -0.2) is 0 Å². The van der Waals surface area contributed by atoms with Gasteiger partial charge >= 0.3 is 0 Å². The van der Waals surface area contributed by atoms with Crippen molar-refractivity contribution in [3.05, 3.63) is 65.5 Å². The first-order valence-electron chi connectivity index (χ1n) is 8.69. The van der Waals surface area contributed by atoms with Crippen LogP contribution in [0.3, 0.4) is 0 Å². The third-order valence-electron chi connectivity index (χ3n) is 5.59. The van der Waals surface area contributed by atoms with E-state index in [1.807, 2.05) is 24.5 Å². The molecule has 0 amide bonds. The summed E-state index contributed by atoms with van der Waals surface area (Å²) in [6.07, 6.45) is 3.74. The van der Waals surface area contributed by atoms with Crippen molar-refractivity contribution in [2.45, 2.75) is 38.7 Å². The van der Waals surface area contributed by atoms with E-state index in [2.05, 4.69) is 56.9 Å². The molecule has 3 aromatic rings. The van der Waals surface area contributed by atoms with Crippen LogP contribution < -0.4 is 4.74 Å². The molecule has 3 heterocycles. The molecular weight excluding hydrogens is 308 g/mol. The molecule has 124 valence electrons. The fraction of sp³-hybridized carbons (Fsp3) is 0.273. The smallest absolute Gasteiger partial charge is 0.131 e. The van der Waals surface area contributed by atoms with Crippen LogP contribution in [0.1, 0.15) is 44.4 Å². The molecule has 3 nitrogen and oxygen atoms in total. The van der Waals surface area contributed by atoms with Gasteiger partial charge in [0.25, 0.3) is 0 Å². The Labute approximate surface area is 147 Å². The fourth-order valence-corrected chi connectivity index (χ4v) is 4.43. The lowest BCUT2D eigenvalue weighted by Crippen LogP contribution is -2.31. The molecule has 0 saturated carbocycles. The van der Waals surface area contributed by atoms with E-state index in [1.165, 1.54) is 16.7 Å². The highest BCUT2D eigenvalue weighted by molar-refractivity contribution is 5.90. The molecule has 0 N–H and O–H groups in total. The van der Waals surface area contributed by atoms with Gasteiger partial charge in [-0.3, -0.25) is 9.97 Å². The topological polar surface area (TPSA) is 35.0 Å². The van der Waals surface area contributed by atoms with Gasteiger partial charge < -0.3 is 4.74 Å². The van der Waals surface area contributed by atoms with Gasteiger partial charge in [-0.2, -0.15) is 0 Å². The Morgan fingerprint density at radius 3 is 2.24 bits per heavy atom. The number of hydrogen-bond donors (Lipinski definition) is 0. The van der Waals surface area contributed by atoms with Gasteiger partial charge in [0.2, 0.25) is 0 Å². The highest BCUT2D eigenvalue weighted by Crippen LogP contribution is 2.56. The quantitative estimate of drug-likeness (QED) is 0.577. The van der Waals surface area contributed by atoms with Crippen LogP contribution in [0, 0.1) is 0 Å². The summed E-state index contributed by atoms with van der Waals surface area (Å²) < 4.78 is 6.40. The Balaban J connectivity index is 1.90. The Morgan fingerprint density at radius 1 is 0.800 bits per heavy atom. The van der Waals surface area contributed by atoms with E-state index in [-0.39, 0.29) is 5.41 Å². The largest absolute Gasteiger partial charge is 0.482 e. The number of nitrogens with zero attached hydrogens (tertiary/aromatic N) is 2. The minimum absolute atomic E-state index is 0.135. The second kappa shape index (κ2) is 4.48. The van der Waals surface area contributed by atoms with Crippen LogP contribution >= 0.6 is 0 Å². The zero-order valence-corrected chi connectivity index (χ0v) is 14.9. The molecule has 5 rings (SSSR count). The summed E-state index contributed by atoms with van der Waals surface area (Å²) in [7, 11) is 0. The molecule has 2 aromatic heterocycles. The van der Waals surface area contributed by atoms with Crippen molar-refractivity contribution in [3.8, 4) is 28.3 Å². The van der Waals surface area contributed by atoms with E-state index in [0.717, 1.165) is 28.3 Å². The van der Waals surface area contributed by atoms with Crippen molar-refractivity contribution in [3.63, 3.8) is 0 Å². The van der Waals surface area contributed by atoms with Crippen LogP contribution in [-0.2, 0) is 11.0 Å². The number of fused-ring (bicyclic) bond motifs is 7. The molecule has 0 spiro atoms. The summed E-state index contributed by atoms with van der Waals surface area (Å²) in [6.45, 7) is 8.74. The molecule has 2 aliphatic rings. The molecule has 0 atom stereocenters. The summed E-state index contributed by atoms with van der Waals surface area (Å²) in [5.74, 6) is 0.913. The van der Waals surface area contributed by atoms with Gasteiger partial charge in [0, 0.05) is 34.5 Å². The molecule has 1 aromatic carbocycles. The summed E-state index contributed by atoms with van der Waals surface area (Å²) in [6, 6.07) is 12.5. The lowest BCUT2D eigenvalue weighted by Gasteiger charge is -2.36. The molecule has 3 heteroatoms. The maximum Gasteiger partial charge on any atom is 0.131 e. The van der Waals surface area contributed by atoms with Crippen LogP contribution in [0.4, 0.5) is 0 Å². The highest BCUT2D eigenvalue weighted by Gasteiger charge is 2.43. The summed E-state index contributed by atoms with van der Waals surface area (Å²) >= 11 is 0. The molecule has 0 fully saturated rings. The van der Waals surface area contributed by atoms with Gasteiger partial charge in [-0.15, -0.1) is 0 Å². The molecule has 0 bridgehead atoms. The molecule has 0 saturated heterocycles. The van der Waals surface area contributed by atoms with E-state index < -0.39 is 5.60 Å². The zero-order valence-electron chi connectivity index (χ0n) is 14.9. The number of aromatic nitrogens is 2. The zero-order chi connectivity index (χ0) is 17.4. The van der Waals surface area contributed by atoms with Crippen LogP contribution in [0.2, 0.25) is 0 Å². The lowest BCUT2D eigenvalue weighted by molar-refractivity contribution is 0.105. The van der Waals surface area contributed by atoms with Gasteiger partial charge in [0.15, 0.2) is 0 Å². The number of pyridine rings is 2. The Bertz CT molecular complexity index is 1030. The average molecular weight is 328 g/mol. The van der Waals surface area contributed by atoms with E-state index in [9.17, 15) is 0 Å². The van der Waals surface area contributed by atoms with E-state index in [1.54, 1.807) is 0 Å². The number of rotatable bonds is 0. The molecule has 1 aliphatic carbocycles. The van der Waals surface area contributed by atoms with Crippen molar-refractivity contribution in [2.75, 3.05) is 0 Å². The SMILES string of the molecule is CC1(C)Oc2ccc3c(c2-c2ncccc21)C(C)(C)c1cccnc1-3. The van der Waals surface area contributed by atoms with E-state index >= 15 is 0 Å². The first-order valence-corrected chi connectivity index (χ1v) is 8.69. The van der Waals surface area contributed by atoms with Gasteiger partial charge in [0.05, 0.1) is 11.4 Å². The normalized spacial score (nSPS) is 17.8. The minimum Gasteiger partial charge on any atom is -0.482 e. The summed E-state index contributed by atoms with van der Waals surface area (Å²) in [4.78, 5) is 9.43. The molecule has 0 unspecified atom stereocenters. The first kappa shape index (κ1) is 14.6. The molecule has 25 heavy (non-hydrogen) atoms. The monoisotopic (exact) mass is 328 g/mol. The minimum atomic E-state index is -0.390. The second-order valence-corrected chi connectivity index (χ2v) is 7.90. The van der Waals surface area contributed by atoms with Crippen molar-refractivity contribution >= 4 is 0 Å². The highest BCUT2D eigenvalue weighted by atomic mass is 16.5. The van der Waals surface area contributed by atoms with Crippen molar-refractivity contribution in [2.24, 2.45) is 0 Å². The van der Waals surface area contributed by atoms with Crippen LogP contribution in [-0.4, -0.2) is 9.97 Å². The number of hydrogen-bond acceptors (Lipinski definition) is 3. The van der Waals surface area contributed by atoms with Crippen molar-refractivity contribution in [1.29, 1.82) is 0 Å². The molecule has 0 radical (unpaired) electrons. The standard InChI is InChI=1S/C22H20N2O/c1-21(2)14-7-5-11-23-19(14)13-9-10-16-17(18(13)21)20-15(8-6-12-24-20)22(3,4)25-16/h5-12H,1-4H3. The van der Waals surface area contributed by atoms with Crippen LogP contribution in [0.25, 0.3) is 22.5 Å². The van der Waals surface area contributed by atoms with Gasteiger partial charge in [0.1, 0.15) is 11.4 Å². The number of benzene rings is 1. The summed E-state index contributed by atoms with van der Waals surface area (Å²) in [5.41, 5.74) is 7.57. The van der Waals surface area contributed by atoms with Gasteiger partial charge in [-0.1, -0.05) is 26.0 Å². The third kappa shape index (κ3) is 1.76. The van der Waals surface area contributed by atoms with E-state index in [0.29, 0.717) is 0 Å². The molecule has 1 aliphatic heterocycles. The Hall–Kier alpha value is -2.68. The predicted molar refractivity (Wildman–Crippen MR) is 98.7 cm³/mol. The fourth-order valence-electron chi connectivity index (χ4n) is 4.43. The second-order valence-electron chi connectivity index (χ2n) is 7.90. The Kier molecular flexibility index (Phi) is 2.63. The first-order chi connectivity index (χ1) is 11.9. The maximum absolute atomic E-state index is 6.40. The third-order valence-corrected chi connectivity index (χ3v) is 5.59. The van der Waals surface area contributed by atoms with Crippen molar-refractivity contribution < 1.29 is 4.74 Å². The lowest BCUT2D eigenvalue weighted by atomic mass is 9.77. The van der Waals surface area contributed by atoms with Crippen molar-refractivity contribution in [1.82, 2.24) is 9.97 Å². The van der Waals surface area contributed by atoms with Gasteiger partial charge in [-0.05, 0) is 49.2 Å².